The molecule has 1 aliphatic heterocycles. The average molecular weight is 258 g/mol. The van der Waals surface area contributed by atoms with Crippen molar-refractivity contribution in [2.45, 2.75) is 52.2 Å². The van der Waals surface area contributed by atoms with Crippen molar-refractivity contribution in [3.8, 4) is 0 Å². The fourth-order valence-corrected chi connectivity index (χ4v) is 2.17. The molecule has 1 saturated heterocycles. The molecule has 0 N–H and O–H groups in total. The van der Waals surface area contributed by atoms with Crippen molar-refractivity contribution in [3.05, 3.63) is 42.0 Å². The number of hydrogen-bond donors (Lipinski definition) is 0. The lowest BCUT2D eigenvalue weighted by atomic mass is 9.73. The first-order chi connectivity index (χ1) is 8.87. The second-order valence-corrected chi connectivity index (χ2v) is 6.02. The smallest absolute Gasteiger partial charge is 0.399 e. The summed E-state index contributed by atoms with van der Waals surface area (Å²) in [5, 5.41) is 0. The second-order valence-electron chi connectivity index (χ2n) is 6.02. The van der Waals surface area contributed by atoms with Gasteiger partial charge in [0, 0.05) is 0 Å². The zero-order chi connectivity index (χ0) is 14.1. The SMILES string of the molecule is CCC=C(B1OC(C)(C)C(C)(C)O1)c1ccccc1. The van der Waals surface area contributed by atoms with Crippen molar-refractivity contribution >= 4 is 12.6 Å². The van der Waals surface area contributed by atoms with Crippen molar-refractivity contribution in [2.75, 3.05) is 0 Å². The van der Waals surface area contributed by atoms with E-state index in [9.17, 15) is 0 Å². The molecule has 1 heterocycles. The van der Waals surface area contributed by atoms with Crippen LogP contribution in [-0.2, 0) is 9.31 Å². The number of benzene rings is 1. The van der Waals surface area contributed by atoms with Gasteiger partial charge in [0.05, 0.1) is 11.2 Å². The summed E-state index contributed by atoms with van der Waals surface area (Å²) in [6.07, 6.45) is 3.16. The summed E-state index contributed by atoms with van der Waals surface area (Å²) in [6, 6.07) is 10.3. The second kappa shape index (κ2) is 5.14. The molecule has 1 aromatic carbocycles. The van der Waals surface area contributed by atoms with Crippen LogP contribution in [0.2, 0.25) is 0 Å². The maximum absolute atomic E-state index is 6.14. The van der Waals surface area contributed by atoms with Crippen LogP contribution in [0.25, 0.3) is 5.47 Å². The van der Waals surface area contributed by atoms with Crippen LogP contribution < -0.4 is 0 Å². The molecule has 1 aromatic rings. The highest BCUT2D eigenvalue weighted by Crippen LogP contribution is 2.40. The average Bonchev–Trinajstić information content (AvgIpc) is 2.56. The third kappa shape index (κ3) is 2.77. The van der Waals surface area contributed by atoms with Crippen molar-refractivity contribution in [2.24, 2.45) is 0 Å². The molecule has 0 aliphatic carbocycles. The zero-order valence-electron chi connectivity index (χ0n) is 12.6. The normalized spacial score (nSPS) is 21.7. The lowest BCUT2D eigenvalue weighted by Crippen LogP contribution is -2.41. The minimum absolute atomic E-state index is 0.285. The number of allylic oxidation sites excluding steroid dienone is 1. The van der Waals surface area contributed by atoms with Crippen LogP contribution in [-0.4, -0.2) is 18.3 Å². The highest BCUT2D eigenvalue weighted by Gasteiger charge is 2.52. The minimum Gasteiger partial charge on any atom is -0.399 e. The summed E-state index contributed by atoms with van der Waals surface area (Å²) in [5.74, 6) is 0. The Morgan fingerprint density at radius 1 is 1.05 bits per heavy atom. The third-order valence-corrected chi connectivity index (χ3v) is 4.04. The Bertz CT molecular complexity index is 447. The van der Waals surface area contributed by atoms with E-state index < -0.39 is 0 Å². The molecule has 102 valence electrons. The predicted molar refractivity (Wildman–Crippen MR) is 80.8 cm³/mol. The largest absolute Gasteiger partial charge is 0.495 e. The Kier molecular flexibility index (Phi) is 3.89. The van der Waals surface area contributed by atoms with Crippen molar-refractivity contribution in [1.29, 1.82) is 0 Å². The van der Waals surface area contributed by atoms with Crippen LogP contribution in [0.1, 0.15) is 46.6 Å². The van der Waals surface area contributed by atoms with Crippen LogP contribution in [0.4, 0.5) is 0 Å². The molecule has 2 nitrogen and oxygen atoms in total. The summed E-state index contributed by atoms with van der Waals surface area (Å²) in [6.45, 7) is 10.5. The van der Waals surface area contributed by atoms with Crippen LogP contribution in [0.15, 0.2) is 36.4 Å². The highest BCUT2D eigenvalue weighted by atomic mass is 16.7. The molecule has 0 saturated carbocycles. The van der Waals surface area contributed by atoms with E-state index in [-0.39, 0.29) is 18.3 Å². The van der Waals surface area contributed by atoms with E-state index in [2.05, 4.69) is 52.8 Å². The Morgan fingerprint density at radius 3 is 2.05 bits per heavy atom. The zero-order valence-corrected chi connectivity index (χ0v) is 12.6. The third-order valence-electron chi connectivity index (χ3n) is 4.04. The van der Waals surface area contributed by atoms with Crippen LogP contribution in [0.5, 0.6) is 0 Å². The highest BCUT2D eigenvalue weighted by molar-refractivity contribution is 6.68. The number of rotatable bonds is 3. The molecule has 3 heteroatoms. The van der Waals surface area contributed by atoms with Gasteiger partial charge in [0.1, 0.15) is 0 Å². The fourth-order valence-electron chi connectivity index (χ4n) is 2.17. The standard InChI is InChI=1S/C16H23BO2/c1-6-10-14(13-11-8-7-9-12-13)17-18-15(2,3)16(4,5)19-17/h7-12H,6H2,1-5H3. The molecule has 0 unspecified atom stereocenters. The maximum Gasteiger partial charge on any atom is 0.495 e. The molecule has 0 bridgehead atoms. The Balaban J connectivity index is 2.32. The summed E-state index contributed by atoms with van der Waals surface area (Å²) in [7, 11) is -0.285. The molecule has 0 atom stereocenters. The molecule has 19 heavy (non-hydrogen) atoms. The topological polar surface area (TPSA) is 18.5 Å². The summed E-state index contributed by atoms with van der Waals surface area (Å²) < 4.78 is 12.3. The Hall–Kier alpha value is -1.06. The fraction of sp³-hybridized carbons (Fsp3) is 0.500. The van der Waals surface area contributed by atoms with Gasteiger partial charge in [-0.15, -0.1) is 0 Å². The maximum atomic E-state index is 6.14. The van der Waals surface area contributed by atoms with Crippen LogP contribution in [0, 0.1) is 0 Å². The monoisotopic (exact) mass is 258 g/mol. The minimum atomic E-state index is -0.292. The van der Waals surface area contributed by atoms with Crippen LogP contribution >= 0.6 is 0 Å². The van der Waals surface area contributed by atoms with E-state index in [1.54, 1.807) is 0 Å². The Morgan fingerprint density at radius 2 is 1.58 bits per heavy atom. The van der Waals surface area contributed by atoms with Crippen molar-refractivity contribution in [1.82, 2.24) is 0 Å². The van der Waals surface area contributed by atoms with E-state index in [1.165, 1.54) is 5.56 Å². The van der Waals surface area contributed by atoms with Gasteiger partial charge >= 0.3 is 7.12 Å². The molecule has 0 aromatic heterocycles. The molecule has 2 rings (SSSR count). The van der Waals surface area contributed by atoms with E-state index in [4.69, 9.17) is 9.31 Å². The molecular weight excluding hydrogens is 235 g/mol. The molecule has 1 fully saturated rings. The van der Waals surface area contributed by atoms with Gasteiger partial charge in [-0.1, -0.05) is 43.3 Å². The van der Waals surface area contributed by atoms with Gasteiger partial charge in [-0.05, 0) is 45.2 Å². The van der Waals surface area contributed by atoms with Gasteiger partial charge in [0.2, 0.25) is 0 Å². The lowest BCUT2D eigenvalue weighted by Gasteiger charge is -2.32. The van der Waals surface area contributed by atoms with Gasteiger partial charge in [-0.2, -0.15) is 0 Å². The molecule has 0 radical (unpaired) electrons. The van der Waals surface area contributed by atoms with Gasteiger partial charge in [0.25, 0.3) is 0 Å². The van der Waals surface area contributed by atoms with Gasteiger partial charge < -0.3 is 9.31 Å². The van der Waals surface area contributed by atoms with E-state index >= 15 is 0 Å². The molecular formula is C16H23BO2. The summed E-state index contributed by atoms with van der Waals surface area (Å²) in [5.41, 5.74) is 1.71. The number of hydrogen-bond acceptors (Lipinski definition) is 2. The first-order valence-corrected chi connectivity index (χ1v) is 6.98. The lowest BCUT2D eigenvalue weighted by molar-refractivity contribution is 0.00578. The summed E-state index contributed by atoms with van der Waals surface area (Å²) in [4.78, 5) is 0. The first kappa shape index (κ1) is 14.4. The molecule has 0 amide bonds. The molecule has 0 spiro atoms. The van der Waals surface area contributed by atoms with Gasteiger partial charge in [-0.25, -0.2) is 0 Å². The van der Waals surface area contributed by atoms with Crippen molar-refractivity contribution < 1.29 is 9.31 Å². The van der Waals surface area contributed by atoms with E-state index in [0.717, 1.165) is 11.9 Å². The summed E-state index contributed by atoms with van der Waals surface area (Å²) >= 11 is 0. The van der Waals surface area contributed by atoms with Gasteiger partial charge in [0.15, 0.2) is 0 Å². The Labute approximate surface area is 117 Å². The van der Waals surface area contributed by atoms with E-state index in [1.807, 2.05) is 18.2 Å². The van der Waals surface area contributed by atoms with E-state index in [0.29, 0.717) is 0 Å². The molecule has 1 aliphatic rings. The van der Waals surface area contributed by atoms with Crippen molar-refractivity contribution in [3.63, 3.8) is 0 Å². The van der Waals surface area contributed by atoms with Gasteiger partial charge in [-0.3, -0.25) is 0 Å². The quantitative estimate of drug-likeness (QED) is 0.759. The van der Waals surface area contributed by atoms with Crippen LogP contribution in [0.3, 0.4) is 0 Å². The first-order valence-electron chi connectivity index (χ1n) is 6.98. The predicted octanol–water partition coefficient (Wildman–Crippen LogP) is 4.11.